The van der Waals surface area contributed by atoms with E-state index in [-0.39, 0.29) is 11.3 Å². The minimum atomic E-state index is -3.62. The first-order valence-electron chi connectivity index (χ1n) is 5.74. The number of carbonyl (C=O) groups is 1. The van der Waals surface area contributed by atoms with Gasteiger partial charge in [-0.15, -0.1) is 17.9 Å². The highest BCUT2D eigenvalue weighted by molar-refractivity contribution is 7.92. The lowest BCUT2D eigenvalue weighted by atomic mass is 10.3. The van der Waals surface area contributed by atoms with Crippen LogP contribution in [0.5, 0.6) is 0 Å². The maximum absolute atomic E-state index is 12.5. The van der Waals surface area contributed by atoms with Crippen LogP contribution in [0.25, 0.3) is 0 Å². The fourth-order valence-corrected chi connectivity index (χ4v) is 4.55. The summed E-state index contributed by atoms with van der Waals surface area (Å²) in [6, 6.07) is 4.87. The zero-order chi connectivity index (χ0) is 14.8. The molecule has 0 aliphatic carbocycles. The molecule has 7 heteroatoms. The van der Waals surface area contributed by atoms with Gasteiger partial charge in [0.05, 0.1) is 11.3 Å². The average Bonchev–Trinajstić information content (AvgIpc) is 3.00. The van der Waals surface area contributed by atoms with Gasteiger partial charge in [0.1, 0.15) is 5.25 Å². The summed E-state index contributed by atoms with van der Waals surface area (Å²) in [5.74, 6) is -1.02. The average molecular weight is 311 g/mol. The molecular formula is C13H13NO4S2. The van der Waals surface area contributed by atoms with Crippen LogP contribution >= 0.6 is 11.3 Å². The number of aromatic nitrogens is 1. The van der Waals surface area contributed by atoms with Gasteiger partial charge in [0.2, 0.25) is 0 Å². The van der Waals surface area contributed by atoms with Crippen LogP contribution in [0.2, 0.25) is 0 Å². The van der Waals surface area contributed by atoms with E-state index in [1.165, 1.54) is 29.7 Å². The molecule has 2 aromatic heterocycles. The van der Waals surface area contributed by atoms with Gasteiger partial charge in [-0.1, -0.05) is 12.1 Å². The highest BCUT2D eigenvalue weighted by Crippen LogP contribution is 2.32. The minimum Gasteiger partial charge on any atom is -0.481 e. The topological polar surface area (TPSA) is 87.2 Å². The normalized spacial score (nSPS) is 13.0. The molecule has 2 N–H and O–H groups in total. The molecule has 0 saturated carbocycles. The quantitative estimate of drug-likeness (QED) is 0.802. The van der Waals surface area contributed by atoms with Gasteiger partial charge in [0.25, 0.3) is 0 Å². The van der Waals surface area contributed by atoms with Gasteiger partial charge in [-0.25, -0.2) is 8.42 Å². The molecule has 0 bridgehead atoms. The molecule has 0 aliphatic rings. The molecule has 0 saturated heterocycles. The number of rotatable bonds is 6. The largest absolute Gasteiger partial charge is 0.481 e. The smallest absolute Gasteiger partial charge is 0.309 e. The molecule has 2 heterocycles. The van der Waals surface area contributed by atoms with Crippen molar-refractivity contribution in [2.24, 2.45) is 0 Å². The maximum Gasteiger partial charge on any atom is 0.309 e. The van der Waals surface area contributed by atoms with Gasteiger partial charge >= 0.3 is 5.97 Å². The Morgan fingerprint density at radius 3 is 2.85 bits per heavy atom. The molecule has 2 aromatic rings. The lowest BCUT2D eigenvalue weighted by Crippen LogP contribution is -2.09. The number of aromatic amines is 1. The molecule has 0 aromatic carbocycles. The lowest BCUT2D eigenvalue weighted by Gasteiger charge is -2.10. The number of carboxylic acids is 1. The van der Waals surface area contributed by atoms with Crippen molar-refractivity contribution in [1.82, 2.24) is 4.98 Å². The Morgan fingerprint density at radius 2 is 2.30 bits per heavy atom. The van der Waals surface area contributed by atoms with Gasteiger partial charge in [0.15, 0.2) is 9.84 Å². The molecule has 106 valence electrons. The van der Waals surface area contributed by atoms with Crippen LogP contribution in [0.3, 0.4) is 0 Å². The Kier molecular flexibility index (Phi) is 4.10. The van der Waals surface area contributed by atoms with Gasteiger partial charge in [-0.2, -0.15) is 0 Å². The third-order valence-corrected chi connectivity index (χ3v) is 5.87. The number of carboxylic acid groups (broad SMARTS) is 1. The van der Waals surface area contributed by atoms with E-state index in [0.29, 0.717) is 10.6 Å². The SMILES string of the molecule is C=CC(c1cccs1)S(=O)(=O)c1c[nH]c(CC(=O)O)c1. The second kappa shape index (κ2) is 5.64. The van der Waals surface area contributed by atoms with Crippen LogP contribution < -0.4 is 0 Å². The fraction of sp³-hybridized carbons (Fsp3) is 0.154. The van der Waals surface area contributed by atoms with E-state index in [1.807, 2.05) is 0 Å². The third-order valence-electron chi connectivity index (χ3n) is 2.76. The molecule has 1 atom stereocenters. The van der Waals surface area contributed by atoms with E-state index in [4.69, 9.17) is 5.11 Å². The Labute approximate surface area is 120 Å². The van der Waals surface area contributed by atoms with Crippen molar-refractivity contribution in [3.8, 4) is 0 Å². The second-order valence-corrected chi connectivity index (χ2v) is 7.20. The summed E-state index contributed by atoms with van der Waals surface area (Å²) >= 11 is 1.34. The molecule has 0 amide bonds. The molecule has 0 radical (unpaired) electrons. The molecule has 20 heavy (non-hydrogen) atoms. The highest BCUT2D eigenvalue weighted by atomic mass is 32.2. The van der Waals surface area contributed by atoms with Crippen LogP contribution in [-0.4, -0.2) is 24.5 Å². The monoisotopic (exact) mass is 311 g/mol. The van der Waals surface area contributed by atoms with Crippen LogP contribution in [0.4, 0.5) is 0 Å². The van der Waals surface area contributed by atoms with E-state index < -0.39 is 21.1 Å². The van der Waals surface area contributed by atoms with E-state index >= 15 is 0 Å². The lowest BCUT2D eigenvalue weighted by molar-refractivity contribution is -0.136. The van der Waals surface area contributed by atoms with Gasteiger partial charge < -0.3 is 10.1 Å². The van der Waals surface area contributed by atoms with Gasteiger partial charge in [0, 0.05) is 16.8 Å². The van der Waals surface area contributed by atoms with Crippen molar-refractivity contribution in [2.45, 2.75) is 16.6 Å². The fourth-order valence-electron chi connectivity index (χ4n) is 1.84. The molecule has 0 aliphatic heterocycles. The minimum absolute atomic E-state index is 0.0760. The highest BCUT2D eigenvalue weighted by Gasteiger charge is 2.28. The summed E-state index contributed by atoms with van der Waals surface area (Å²) in [4.78, 5) is 14.1. The number of thiophene rings is 1. The van der Waals surface area contributed by atoms with Crippen molar-refractivity contribution in [3.63, 3.8) is 0 Å². The Bertz CT molecular complexity index is 713. The number of H-pyrrole nitrogens is 1. The number of aliphatic carboxylic acids is 1. The molecule has 0 spiro atoms. The summed E-state index contributed by atoms with van der Waals surface area (Å²) in [5, 5.41) is 9.68. The summed E-state index contributed by atoms with van der Waals surface area (Å²) < 4.78 is 25.1. The van der Waals surface area contributed by atoms with Crippen LogP contribution in [0, 0.1) is 0 Å². The van der Waals surface area contributed by atoms with Crippen molar-refractivity contribution < 1.29 is 18.3 Å². The Morgan fingerprint density at radius 1 is 1.55 bits per heavy atom. The third kappa shape index (κ3) is 2.83. The molecular weight excluding hydrogens is 298 g/mol. The molecule has 2 rings (SSSR count). The Hall–Kier alpha value is -1.86. The predicted octanol–water partition coefficient (Wildman–Crippen LogP) is 2.40. The standard InChI is InChI=1S/C13H13NO4S2/c1-2-12(11-4-3-5-19-11)20(17,18)10-6-9(14-8-10)7-13(15)16/h2-6,8,12,14H,1,7H2,(H,15,16). The molecule has 5 nitrogen and oxygen atoms in total. The maximum atomic E-state index is 12.5. The van der Waals surface area contributed by atoms with Crippen molar-refractivity contribution in [3.05, 3.63) is 53.0 Å². The zero-order valence-electron chi connectivity index (χ0n) is 10.4. The molecule has 0 fully saturated rings. The van der Waals surface area contributed by atoms with E-state index in [2.05, 4.69) is 11.6 Å². The first-order valence-corrected chi connectivity index (χ1v) is 8.16. The van der Waals surface area contributed by atoms with Crippen molar-refractivity contribution in [1.29, 1.82) is 0 Å². The van der Waals surface area contributed by atoms with Gasteiger partial charge in [-0.3, -0.25) is 4.79 Å². The summed E-state index contributed by atoms with van der Waals surface area (Å²) in [6.45, 7) is 3.59. The molecule has 1 unspecified atom stereocenters. The first-order chi connectivity index (χ1) is 9.45. The van der Waals surface area contributed by atoms with Gasteiger partial charge in [-0.05, 0) is 17.5 Å². The second-order valence-electron chi connectivity index (χ2n) is 4.15. The van der Waals surface area contributed by atoms with Crippen molar-refractivity contribution in [2.75, 3.05) is 0 Å². The van der Waals surface area contributed by atoms with E-state index in [1.54, 1.807) is 17.5 Å². The summed E-state index contributed by atoms with van der Waals surface area (Å²) in [5.41, 5.74) is 0.352. The summed E-state index contributed by atoms with van der Waals surface area (Å²) in [7, 11) is -3.62. The number of sulfone groups is 1. The van der Waals surface area contributed by atoms with Crippen LogP contribution in [0.15, 0.2) is 47.3 Å². The van der Waals surface area contributed by atoms with E-state index in [0.717, 1.165) is 0 Å². The summed E-state index contributed by atoms with van der Waals surface area (Å²) in [6.07, 6.45) is 2.45. The Balaban J connectivity index is 2.36. The van der Waals surface area contributed by atoms with Crippen molar-refractivity contribution >= 4 is 27.1 Å². The van der Waals surface area contributed by atoms with Crippen LogP contribution in [0.1, 0.15) is 15.8 Å². The first kappa shape index (κ1) is 14.5. The predicted molar refractivity (Wildman–Crippen MR) is 76.6 cm³/mol. The number of nitrogens with one attached hydrogen (secondary N) is 1. The zero-order valence-corrected chi connectivity index (χ0v) is 12.1. The van der Waals surface area contributed by atoms with E-state index in [9.17, 15) is 13.2 Å². The number of hydrogen-bond acceptors (Lipinski definition) is 4. The number of hydrogen-bond donors (Lipinski definition) is 2. The van der Waals surface area contributed by atoms with Crippen LogP contribution in [-0.2, 0) is 21.1 Å².